The topological polar surface area (TPSA) is 29.3 Å². The molecular weight excluding hydrogens is 320 g/mol. The van der Waals surface area contributed by atoms with E-state index in [1.54, 1.807) is 0 Å². The summed E-state index contributed by atoms with van der Waals surface area (Å²) in [5, 5.41) is 2.15. The zero-order chi connectivity index (χ0) is 13.2. The van der Waals surface area contributed by atoms with Gasteiger partial charge in [-0.1, -0.05) is 18.2 Å². The van der Waals surface area contributed by atoms with Gasteiger partial charge in [0.25, 0.3) is 0 Å². The maximum atomic E-state index is 5.96. The Kier molecular flexibility index (Phi) is 3.91. The van der Waals surface area contributed by atoms with Crippen LogP contribution in [0.25, 0.3) is 0 Å². The number of nitrogen functional groups attached to an aromatic ring is 1. The number of hydrogen-bond donors (Lipinski definition) is 1. The number of hydrogen-bond acceptors (Lipinski definition) is 3. The largest absolute Gasteiger partial charge is 0.398 e. The van der Waals surface area contributed by atoms with E-state index in [4.69, 9.17) is 5.73 Å². The van der Waals surface area contributed by atoms with E-state index in [1.165, 1.54) is 23.3 Å². The van der Waals surface area contributed by atoms with Gasteiger partial charge in [-0.05, 0) is 51.8 Å². The van der Waals surface area contributed by atoms with Crippen LogP contribution in [-0.4, -0.2) is 10.9 Å². The number of thiophene rings is 1. The fourth-order valence-electron chi connectivity index (χ4n) is 2.30. The summed E-state index contributed by atoms with van der Waals surface area (Å²) < 4.78 is 1.05. The van der Waals surface area contributed by atoms with E-state index in [9.17, 15) is 0 Å². The molecule has 1 fully saturated rings. The highest BCUT2D eigenvalue weighted by Gasteiger charge is 2.29. The van der Waals surface area contributed by atoms with Crippen LogP contribution in [-0.2, 0) is 13.1 Å². The molecule has 19 heavy (non-hydrogen) atoms. The fraction of sp³-hybridized carbons (Fsp3) is 0.333. The molecule has 1 aliphatic carbocycles. The van der Waals surface area contributed by atoms with Crippen LogP contribution in [0.2, 0.25) is 0 Å². The summed E-state index contributed by atoms with van der Waals surface area (Å²) in [6.07, 6.45) is 2.65. The van der Waals surface area contributed by atoms with Gasteiger partial charge in [0.05, 0.1) is 0 Å². The van der Waals surface area contributed by atoms with Crippen molar-refractivity contribution in [3.63, 3.8) is 0 Å². The predicted octanol–water partition coefficient (Wildman–Crippen LogP) is 4.26. The van der Waals surface area contributed by atoms with Crippen LogP contribution in [0.3, 0.4) is 0 Å². The number of benzene rings is 1. The Morgan fingerprint density at radius 1 is 1.21 bits per heavy atom. The summed E-state index contributed by atoms with van der Waals surface area (Å²) in [5.41, 5.74) is 8.07. The number of nitrogens with two attached hydrogens (primary N) is 1. The average molecular weight is 337 g/mol. The van der Waals surface area contributed by atoms with Crippen molar-refractivity contribution < 1.29 is 0 Å². The van der Waals surface area contributed by atoms with Gasteiger partial charge in [0, 0.05) is 34.2 Å². The lowest BCUT2D eigenvalue weighted by molar-refractivity contribution is 0.247. The molecule has 0 unspecified atom stereocenters. The monoisotopic (exact) mass is 336 g/mol. The van der Waals surface area contributed by atoms with Gasteiger partial charge in [-0.3, -0.25) is 4.90 Å². The minimum atomic E-state index is 0.746. The first kappa shape index (κ1) is 13.2. The second-order valence-electron chi connectivity index (χ2n) is 5.04. The second kappa shape index (κ2) is 5.65. The molecule has 0 amide bonds. The molecule has 100 valence electrons. The summed E-state index contributed by atoms with van der Waals surface area (Å²) in [6, 6.07) is 11.2. The van der Waals surface area contributed by atoms with Gasteiger partial charge in [0.1, 0.15) is 0 Å². The Morgan fingerprint density at radius 2 is 2.05 bits per heavy atom. The van der Waals surface area contributed by atoms with Gasteiger partial charge < -0.3 is 5.73 Å². The first-order valence-electron chi connectivity index (χ1n) is 6.53. The average Bonchev–Trinajstić information content (AvgIpc) is 3.13. The predicted molar refractivity (Wildman–Crippen MR) is 85.1 cm³/mol. The van der Waals surface area contributed by atoms with E-state index < -0.39 is 0 Å². The Bertz CT molecular complexity index is 549. The molecule has 2 nitrogen and oxygen atoms in total. The molecule has 0 bridgehead atoms. The standard InChI is InChI=1S/C15H17BrN2S/c16-15-11(3-1-5-14(15)17)9-18(12-6-7-12)10-13-4-2-8-19-13/h1-5,8,12H,6-7,9-10,17H2. The SMILES string of the molecule is Nc1cccc(CN(Cc2cccs2)C2CC2)c1Br. The van der Waals surface area contributed by atoms with Gasteiger partial charge in [0.2, 0.25) is 0 Å². The summed E-state index contributed by atoms with van der Waals surface area (Å²) in [5.74, 6) is 0. The van der Waals surface area contributed by atoms with Gasteiger partial charge in [0.15, 0.2) is 0 Å². The van der Waals surface area contributed by atoms with E-state index >= 15 is 0 Å². The van der Waals surface area contributed by atoms with Crippen LogP contribution in [0.15, 0.2) is 40.2 Å². The minimum absolute atomic E-state index is 0.746. The molecule has 1 aromatic heterocycles. The Morgan fingerprint density at radius 3 is 2.74 bits per heavy atom. The third-order valence-electron chi connectivity index (χ3n) is 3.48. The molecule has 0 saturated heterocycles. The van der Waals surface area contributed by atoms with Crippen LogP contribution in [0.1, 0.15) is 23.3 Å². The van der Waals surface area contributed by atoms with Crippen LogP contribution >= 0.6 is 27.3 Å². The van der Waals surface area contributed by atoms with Crippen molar-refractivity contribution >= 4 is 33.0 Å². The van der Waals surface area contributed by atoms with Crippen molar-refractivity contribution in [2.45, 2.75) is 32.0 Å². The normalized spacial score (nSPS) is 15.1. The highest BCUT2D eigenvalue weighted by molar-refractivity contribution is 9.10. The quantitative estimate of drug-likeness (QED) is 0.826. The van der Waals surface area contributed by atoms with Gasteiger partial charge in [-0.2, -0.15) is 0 Å². The number of anilines is 1. The van der Waals surface area contributed by atoms with Crippen molar-refractivity contribution in [1.82, 2.24) is 4.90 Å². The molecule has 3 rings (SSSR count). The maximum Gasteiger partial charge on any atom is 0.0461 e. The lowest BCUT2D eigenvalue weighted by Gasteiger charge is -2.22. The highest BCUT2D eigenvalue weighted by atomic mass is 79.9. The van der Waals surface area contributed by atoms with Crippen LogP contribution in [0.4, 0.5) is 5.69 Å². The molecule has 0 spiro atoms. The Labute approximate surface area is 126 Å². The fourth-order valence-corrected chi connectivity index (χ4v) is 3.42. The maximum absolute atomic E-state index is 5.96. The zero-order valence-corrected chi connectivity index (χ0v) is 13.1. The molecule has 2 N–H and O–H groups in total. The lowest BCUT2D eigenvalue weighted by atomic mass is 10.2. The summed E-state index contributed by atoms with van der Waals surface area (Å²) in [4.78, 5) is 4.00. The number of halogens is 1. The molecule has 4 heteroatoms. The summed E-state index contributed by atoms with van der Waals surface area (Å²) >= 11 is 5.44. The van der Waals surface area contributed by atoms with E-state index in [2.05, 4.69) is 44.4 Å². The lowest BCUT2D eigenvalue weighted by Crippen LogP contribution is -2.24. The van der Waals surface area contributed by atoms with Gasteiger partial charge in [-0.25, -0.2) is 0 Å². The number of nitrogens with zero attached hydrogens (tertiary/aromatic N) is 1. The van der Waals surface area contributed by atoms with Crippen LogP contribution < -0.4 is 5.73 Å². The Balaban J connectivity index is 1.76. The smallest absolute Gasteiger partial charge is 0.0461 e. The molecule has 0 aliphatic heterocycles. The summed E-state index contributed by atoms with van der Waals surface area (Å²) in [7, 11) is 0. The van der Waals surface area contributed by atoms with E-state index in [0.29, 0.717) is 0 Å². The molecule has 1 saturated carbocycles. The van der Waals surface area contributed by atoms with Crippen molar-refractivity contribution in [3.05, 3.63) is 50.6 Å². The first-order chi connectivity index (χ1) is 9.24. The van der Waals surface area contributed by atoms with Gasteiger partial charge in [-0.15, -0.1) is 11.3 Å². The van der Waals surface area contributed by atoms with E-state index in [0.717, 1.165) is 29.3 Å². The second-order valence-corrected chi connectivity index (χ2v) is 6.86. The van der Waals surface area contributed by atoms with Crippen molar-refractivity contribution in [1.29, 1.82) is 0 Å². The van der Waals surface area contributed by atoms with Crippen molar-refractivity contribution in [3.8, 4) is 0 Å². The zero-order valence-electron chi connectivity index (χ0n) is 10.7. The highest BCUT2D eigenvalue weighted by Crippen LogP contribution is 2.33. The number of rotatable bonds is 5. The molecule has 1 aromatic carbocycles. The van der Waals surface area contributed by atoms with E-state index in [1.807, 2.05) is 23.5 Å². The molecule has 1 aliphatic rings. The van der Waals surface area contributed by atoms with Crippen molar-refractivity contribution in [2.75, 3.05) is 5.73 Å². The minimum Gasteiger partial charge on any atom is -0.398 e. The first-order valence-corrected chi connectivity index (χ1v) is 8.20. The van der Waals surface area contributed by atoms with Crippen molar-refractivity contribution in [2.24, 2.45) is 0 Å². The van der Waals surface area contributed by atoms with Gasteiger partial charge >= 0.3 is 0 Å². The van der Waals surface area contributed by atoms with Crippen LogP contribution in [0.5, 0.6) is 0 Å². The Hall–Kier alpha value is -0.840. The van der Waals surface area contributed by atoms with E-state index in [-0.39, 0.29) is 0 Å². The molecule has 2 aromatic rings. The summed E-state index contributed by atoms with van der Waals surface area (Å²) in [6.45, 7) is 2.01. The molecule has 0 radical (unpaired) electrons. The van der Waals surface area contributed by atoms with Crippen LogP contribution in [0, 0.1) is 0 Å². The molecule has 0 atom stereocenters. The third-order valence-corrected chi connectivity index (χ3v) is 5.31. The third kappa shape index (κ3) is 3.19. The molecular formula is C15H17BrN2S. The molecule has 1 heterocycles.